The second-order valence-corrected chi connectivity index (χ2v) is 4.21. The molecular formula is C8H6N2O2S2. The summed E-state index contributed by atoms with van der Waals surface area (Å²) in [5, 5.41) is 14.4. The van der Waals surface area contributed by atoms with Crippen molar-refractivity contribution in [3.63, 3.8) is 0 Å². The van der Waals surface area contributed by atoms with Gasteiger partial charge in [0.2, 0.25) is 0 Å². The fourth-order valence-corrected chi connectivity index (χ4v) is 2.45. The number of carboxylic acids is 1. The van der Waals surface area contributed by atoms with E-state index in [4.69, 9.17) is 10.8 Å². The molecule has 2 aromatic heterocycles. The molecule has 3 N–H and O–H groups in total. The molecule has 0 radical (unpaired) electrons. The standard InChI is InChI=1S/C8H6N2O2S2/c9-8-10-6(3-14-8)4-1-13-2-5(4)7(11)12/h1-3H,(H2,9,10)(H,11,12). The van der Waals surface area contributed by atoms with E-state index in [0.29, 0.717) is 16.4 Å². The Morgan fingerprint density at radius 2 is 2.21 bits per heavy atom. The number of aromatic carboxylic acids is 1. The number of nitrogen functional groups attached to an aromatic ring is 1. The topological polar surface area (TPSA) is 76.2 Å². The van der Waals surface area contributed by atoms with Crippen LogP contribution in [0.3, 0.4) is 0 Å². The Kier molecular flexibility index (Phi) is 2.22. The first kappa shape index (κ1) is 9.17. The molecule has 4 nitrogen and oxygen atoms in total. The summed E-state index contributed by atoms with van der Waals surface area (Å²) in [5.74, 6) is -0.937. The SMILES string of the molecule is Nc1nc(-c2cscc2C(=O)O)cs1. The highest BCUT2D eigenvalue weighted by Gasteiger charge is 2.14. The number of nitrogens with zero attached hydrogens (tertiary/aromatic N) is 1. The zero-order chi connectivity index (χ0) is 10.1. The molecule has 2 rings (SSSR count). The van der Waals surface area contributed by atoms with Gasteiger partial charge in [-0.1, -0.05) is 0 Å². The van der Waals surface area contributed by atoms with Gasteiger partial charge >= 0.3 is 5.97 Å². The van der Waals surface area contributed by atoms with Crippen LogP contribution in [0.4, 0.5) is 5.13 Å². The van der Waals surface area contributed by atoms with Gasteiger partial charge in [-0.05, 0) is 0 Å². The highest BCUT2D eigenvalue weighted by molar-refractivity contribution is 7.13. The summed E-state index contributed by atoms with van der Waals surface area (Å²) in [6.45, 7) is 0. The lowest BCUT2D eigenvalue weighted by molar-refractivity contribution is 0.0698. The predicted octanol–water partition coefficient (Wildman–Crippen LogP) is 2.15. The van der Waals surface area contributed by atoms with Gasteiger partial charge in [0, 0.05) is 21.7 Å². The molecule has 72 valence electrons. The van der Waals surface area contributed by atoms with Crippen LogP contribution in [0.2, 0.25) is 0 Å². The largest absolute Gasteiger partial charge is 0.478 e. The highest BCUT2D eigenvalue weighted by Crippen LogP contribution is 2.29. The molecule has 0 aliphatic rings. The van der Waals surface area contributed by atoms with Crippen molar-refractivity contribution >= 4 is 33.8 Å². The van der Waals surface area contributed by atoms with Crippen molar-refractivity contribution < 1.29 is 9.90 Å². The van der Waals surface area contributed by atoms with E-state index in [1.807, 2.05) is 0 Å². The quantitative estimate of drug-likeness (QED) is 0.822. The zero-order valence-electron chi connectivity index (χ0n) is 6.93. The minimum absolute atomic E-state index is 0.278. The molecular weight excluding hydrogens is 220 g/mol. The van der Waals surface area contributed by atoms with E-state index in [-0.39, 0.29) is 5.56 Å². The number of nitrogens with two attached hydrogens (primary N) is 1. The van der Waals surface area contributed by atoms with E-state index >= 15 is 0 Å². The summed E-state index contributed by atoms with van der Waals surface area (Å²) in [6.07, 6.45) is 0. The predicted molar refractivity (Wildman–Crippen MR) is 56.8 cm³/mol. The van der Waals surface area contributed by atoms with Crippen LogP contribution >= 0.6 is 22.7 Å². The Balaban J connectivity index is 2.51. The normalized spacial score (nSPS) is 10.3. The summed E-state index contributed by atoms with van der Waals surface area (Å²) in [6, 6.07) is 0. The van der Waals surface area contributed by atoms with Gasteiger partial charge in [0.15, 0.2) is 5.13 Å². The van der Waals surface area contributed by atoms with Crippen LogP contribution in [0.25, 0.3) is 11.3 Å². The van der Waals surface area contributed by atoms with Crippen LogP contribution in [-0.4, -0.2) is 16.1 Å². The van der Waals surface area contributed by atoms with E-state index < -0.39 is 5.97 Å². The average molecular weight is 226 g/mol. The van der Waals surface area contributed by atoms with Crippen LogP contribution in [0, 0.1) is 0 Å². The zero-order valence-corrected chi connectivity index (χ0v) is 8.56. The Morgan fingerprint density at radius 1 is 1.43 bits per heavy atom. The first-order valence-corrected chi connectivity index (χ1v) is 5.51. The minimum atomic E-state index is -0.937. The van der Waals surface area contributed by atoms with Gasteiger partial charge in [-0.25, -0.2) is 9.78 Å². The Morgan fingerprint density at radius 3 is 2.79 bits per heavy atom. The first-order valence-electron chi connectivity index (χ1n) is 3.69. The van der Waals surface area contributed by atoms with Crippen molar-refractivity contribution in [3.05, 3.63) is 21.7 Å². The maximum absolute atomic E-state index is 10.8. The van der Waals surface area contributed by atoms with Crippen LogP contribution in [0.5, 0.6) is 0 Å². The third-order valence-corrected chi connectivity index (χ3v) is 3.11. The van der Waals surface area contributed by atoms with E-state index in [0.717, 1.165) is 0 Å². The van der Waals surface area contributed by atoms with Gasteiger partial charge in [0.05, 0.1) is 11.3 Å². The van der Waals surface area contributed by atoms with Gasteiger partial charge in [-0.3, -0.25) is 0 Å². The number of aromatic nitrogens is 1. The summed E-state index contributed by atoms with van der Waals surface area (Å²) in [7, 11) is 0. The lowest BCUT2D eigenvalue weighted by atomic mass is 10.1. The van der Waals surface area contributed by atoms with Crippen molar-refractivity contribution in [1.29, 1.82) is 0 Å². The number of hydrogen-bond acceptors (Lipinski definition) is 5. The molecule has 0 spiro atoms. The van der Waals surface area contributed by atoms with Crippen molar-refractivity contribution in [2.45, 2.75) is 0 Å². The number of thiophene rings is 1. The number of anilines is 1. The fraction of sp³-hybridized carbons (Fsp3) is 0. The van der Waals surface area contributed by atoms with Crippen LogP contribution < -0.4 is 5.73 Å². The molecule has 14 heavy (non-hydrogen) atoms. The molecule has 0 saturated heterocycles. The van der Waals surface area contributed by atoms with Crippen molar-refractivity contribution in [1.82, 2.24) is 4.98 Å². The third kappa shape index (κ3) is 1.49. The third-order valence-electron chi connectivity index (χ3n) is 1.69. The van der Waals surface area contributed by atoms with Crippen molar-refractivity contribution in [2.75, 3.05) is 5.73 Å². The molecule has 0 unspecified atom stereocenters. The monoisotopic (exact) mass is 226 g/mol. The second kappa shape index (κ2) is 3.39. The molecule has 0 fully saturated rings. The van der Waals surface area contributed by atoms with Gasteiger partial charge < -0.3 is 10.8 Å². The number of carbonyl (C=O) groups is 1. The first-order chi connectivity index (χ1) is 6.68. The molecule has 0 aliphatic carbocycles. The summed E-state index contributed by atoms with van der Waals surface area (Å²) < 4.78 is 0. The van der Waals surface area contributed by atoms with Gasteiger partial charge in [0.1, 0.15) is 0 Å². The molecule has 2 heterocycles. The minimum Gasteiger partial charge on any atom is -0.478 e. The van der Waals surface area contributed by atoms with Gasteiger partial charge in [-0.15, -0.1) is 11.3 Å². The summed E-state index contributed by atoms with van der Waals surface area (Å²) >= 11 is 2.64. The molecule has 0 saturated carbocycles. The van der Waals surface area contributed by atoms with Gasteiger partial charge in [0.25, 0.3) is 0 Å². The smallest absolute Gasteiger partial charge is 0.337 e. The Labute approximate surface area is 87.6 Å². The Bertz CT molecular complexity index is 475. The second-order valence-electron chi connectivity index (χ2n) is 2.58. The van der Waals surface area contributed by atoms with E-state index in [1.54, 1.807) is 16.1 Å². The number of carboxylic acid groups (broad SMARTS) is 1. The molecule has 0 aromatic carbocycles. The average Bonchev–Trinajstić information content (AvgIpc) is 2.70. The lowest BCUT2D eigenvalue weighted by Crippen LogP contribution is -1.96. The molecule has 0 amide bonds. The maximum Gasteiger partial charge on any atom is 0.337 e. The van der Waals surface area contributed by atoms with Crippen LogP contribution in [0.1, 0.15) is 10.4 Å². The van der Waals surface area contributed by atoms with Crippen molar-refractivity contribution in [3.8, 4) is 11.3 Å². The van der Waals surface area contributed by atoms with E-state index in [1.165, 1.54) is 22.7 Å². The number of hydrogen-bond donors (Lipinski definition) is 2. The van der Waals surface area contributed by atoms with E-state index in [9.17, 15) is 4.79 Å². The lowest BCUT2D eigenvalue weighted by Gasteiger charge is -1.93. The Hall–Kier alpha value is -1.40. The van der Waals surface area contributed by atoms with E-state index in [2.05, 4.69) is 4.98 Å². The molecule has 6 heteroatoms. The fourth-order valence-electron chi connectivity index (χ4n) is 1.07. The molecule has 0 bridgehead atoms. The molecule has 2 aromatic rings. The highest BCUT2D eigenvalue weighted by atomic mass is 32.1. The number of rotatable bonds is 2. The van der Waals surface area contributed by atoms with Gasteiger partial charge in [-0.2, -0.15) is 11.3 Å². The van der Waals surface area contributed by atoms with Crippen LogP contribution in [-0.2, 0) is 0 Å². The maximum atomic E-state index is 10.8. The molecule has 0 atom stereocenters. The molecule has 0 aliphatic heterocycles. The van der Waals surface area contributed by atoms with Crippen LogP contribution in [0.15, 0.2) is 16.1 Å². The summed E-state index contributed by atoms with van der Waals surface area (Å²) in [5.41, 5.74) is 7.02. The summed E-state index contributed by atoms with van der Waals surface area (Å²) in [4.78, 5) is 14.8. The number of thiazole rings is 1. The van der Waals surface area contributed by atoms with Crippen molar-refractivity contribution in [2.24, 2.45) is 0 Å².